The van der Waals surface area contributed by atoms with Crippen LogP contribution in [-0.4, -0.2) is 25.1 Å². The molecule has 0 atom stereocenters. The Morgan fingerprint density at radius 2 is 1.80 bits per heavy atom. The van der Waals surface area contributed by atoms with Crippen molar-refractivity contribution in [3.05, 3.63) is 50.7 Å². The van der Waals surface area contributed by atoms with Gasteiger partial charge < -0.3 is 0 Å². The third-order valence-electron chi connectivity index (χ3n) is 2.57. The Morgan fingerprint density at radius 1 is 1.05 bits per heavy atom. The van der Waals surface area contributed by atoms with E-state index in [4.69, 9.17) is 0 Å². The Kier molecular flexibility index (Phi) is 3.07. The first-order valence-corrected chi connectivity index (χ1v) is 6.55. The molecule has 8 heteroatoms. The summed E-state index contributed by atoms with van der Waals surface area (Å²) in [4.78, 5) is 32.3. The Morgan fingerprint density at radius 3 is 2.55 bits per heavy atom. The lowest BCUT2D eigenvalue weighted by molar-refractivity contribution is 0.856. The summed E-state index contributed by atoms with van der Waals surface area (Å²) in [5.74, 6) is 0. The topological polar surface area (TPSA) is 104 Å². The minimum absolute atomic E-state index is 0.0119. The number of hydrogen-bond donors (Lipinski definition) is 2. The van der Waals surface area contributed by atoms with Crippen molar-refractivity contribution in [2.24, 2.45) is 0 Å². The van der Waals surface area contributed by atoms with Crippen LogP contribution in [-0.2, 0) is 0 Å². The molecule has 0 amide bonds. The highest BCUT2D eigenvalue weighted by Crippen LogP contribution is 2.24. The van der Waals surface area contributed by atoms with Gasteiger partial charge in [-0.3, -0.25) is 14.8 Å². The summed E-state index contributed by atoms with van der Waals surface area (Å²) in [5.41, 5.74) is 0.0777. The van der Waals surface area contributed by atoms with Gasteiger partial charge in [-0.25, -0.2) is 9.78 Å². The molecule has 0 aliphatic heterocycles. The Bertz CT molecular complexity index is 885. The second kappa shape index (κ2) is 4.89. The normalized spacial score (nSPS) is 10.8. The van der Waals surface area contributed by atoms with Gasteiger partial charge in [0.15, 0.2) is 11.2 Å². The number of hydrogen-bond acceptors (Lipinski definition) is 6. The molecule has 0 unspecified atom stereocenters. The van der Waals surface area contributed by atoms with Gasteiger partial charge >= 0.3 is 5.69 Å². The average Bonchev–Trinajstić information content (AvgIpc) is 2.41. The Hall–Kier alpha value is -2.48. The largest absolute Gasteiger partial charge is 0.327 e. The second-order valence-electron chi connectivity index (χ2n) is 4.11. The predicted molar refractivity (Wildman–Crippen MR) is 73.9 cm³/mol. The summed E-state index contributed by atoms with van der Waals surface area (Å²) in [7, 11) is 0. The van der Waals surface area contributed by atoms with Crippen molar-refractivity contribution < 1.29 is 0 Å². The fourth-order valence-electron chi connectivity index (χ4n) is 1.61. The van der Waals surface area contributed by atoms with Gasteiger partial charge in [0.1, 0.15) is 0 Å². The maximum atomic E-state index is 11.5. The molecule has 2 heterocycles. The standard InChI is InChI=1S/C12H9N5O2S/c1-6-2-4-7(5-3-6)20-12-14-9-8(16-17-12)10(18)15-11(19)13-9/h2-5H,1H3,(H2,13,14,15,17,18,19). The summed E-state index contributed by atoms with van der Waals surface area (Å²) >= 11 is 1.30. The molecule has 7 nitrogen and oxygen atoms in total. The molecule has 3 aromatic rings. The maximum absolute atomic E-state index is 11.5. The van der Waals surface area contributed by atoms with Gasteiger partial charge in [-0.15, -0.1) is 10.2 Å². The van der Waals surface area contributed by atoms with Crippen LogP contribution in [0.1, 0.15) is 5.56 Å². The zero-order valence-corrected chi connectivity index (χ0v) is 11.2. The van der Waals surface area contributed by atoms with E-state index in [9.17, 15) is 9.59 Å². The highest BCUT2D eigenvalue weighted by molar-refractivity contribution is 7.99. The molecule has 0 saturated heterocycles. The number of aryl methyl sites for hydroxylation is 1. The van der Waals surface area contributed by atoms with Crippen LogP contribution in [0.15, 0.2) is 43.9 Å². The highest BCUT2D eigenvalue weighted by atomic mass is 32.2. The van der Waals surface area contributed by atoms with E-state index in [1.165, 1.54) is 11.8 Å². The van der Waals surface area contributed by atoms with E-state index in [2.05, 4.69) is 25.1 Å². The first kappa shape index (κ1) is 12.5. The van der Waals surface area contributed by atoms with Gasteiger partial charge in [0, 0.05) is 4.90 Å². The van der Waals surface area contributed by atoms with Crippen molar-refractivity contribution in [2.75, 3.05) is 0 Å². The molecule has 0 bridgehead atoms. The van der Waals surface area contributed by atoms with Crippen molar-refractivity contribution in [3.8, 4) is 0 Å². The molecule has 0 fully saturated rings. The van der Waals surface area contributed by atoms with E-state index in [0.29, 0.717) is 5.16 Å². The summed E-state index contributed by atoms with van der Waals surface area (Å²) in [6.07, 6.45) is 0. The molecule has 1 aromatic carbocycles. The van der Waals surface area contributed by atoms with Crippen molar-refractivity contribution in [1.29, 1.82) is 0 Å². The van der Waals surface area contributed by atoms with Gasteiger partial charge in [0.25, 0.3) is 5.56 Å². The summed E-state index contributed by atoms with van der Waals surface area (Å²) < 4.78 is 0. The van der Waals surface area contributed by atoms with E-state index < -0.39 is 11.2 Å². The van der Waals surface area contributed by atoms with Crippen LogP contribution in [0.5, 0.6) is 0 Å². The van der Waals surface area contributed by atoms with Crippen LogP contribution in [0.3, 0.4) is 0 Å². The molecule has 2 N–H and O–H groups in total. The molecular weight excluding hydrogens is 278 g/mol. The lowest BCUT2D eigenvalue weighted by Gasteiger charge is -2.01. The molecule has 0 aliphatic rings. The van der Waals surface area contributed by atoms with Crippen LogP contribution in [0.25, 0.3) is 11.2 Å². The van der Waals surface area contributed by atoms with Crippen molar-refractivity contribution in [1.82, 2.24) is 25.1 Å². The van der Waals surface area contributed by atoms with Crippen LogP contribution in [0.2, 0.25) is 0 Å². The first-order chi connectivity index (χ1) is 9.61. The average molecular weight is 287 g/mol. The number of aromatic nitrogens is 5. The second-order valence-corrected chi connectivity index (χ2v) is 5.16. The lowest BCUT2D eigenvalue weighted by Crippen LogP contribution is -2.23. The molecule has 0 radical (unpaired) electrons. The van der Waals surface area contributed by atoms with Crippen LogP contribution in [0.4, 0.5) is 0 Å². The van der Waals surface area contributed by atoms with Gasteiger partial charge in [0.2, 0.25) is 5.16 Å². The molecular formula is C12H9N5O2S. The number of H-pyrrole nitrogens is 2. The number of aromatic amines is 2. The number of nitrogens with one attached hydrogen (secondary N) is 2. The fourth-order valence-corrected chi connectivity index (χ4v) is 2.31. The Balaban J connectivity index is 2.02. The third kappa shape index (κ3) is 2.45. The van der Waals surface area contributed by atoms with E-state index in [1.807, 2.05) is 31.2 Å². The zero-order valence-electron chi connectivity index (χ0n) is 10.4. The molecule has 0 saturated carbocycles. The summed E-state index contributed by atoms with van der Waals surface area (Å²) in [6, 6.07) is 7.83. The molecule has 0 aliphatic carbocycles. The Labute approximate surface area is 116 Å². The lowest BCUT2D eigenvalue weighted by atomic mass is 10.2. The maximum Gasteiger partial charge on any atom is 0.327 e. The first-order valence-electron chi connectivity index (χ1n) is 5.73. The van der Waals surface area contributed by atoms with Gasteiger partial charge in [-0.1, -0.05) is 17.7 Å². The molecule has 2 aromatic heterocycles. The van der Waals surface area contributed by atoms with Crippen LogP contribution < -0.4 is 11.2 Å². The number of rotatable bonds is 2. The van der Waals surface area contributed by atoms with E-state index in [-0.39, 0.29) is 11.2 Å². The van der Waals surface area contributed by atoms with E-state index >= 15 is 0 Å². The highest BCUT2D eigenvalue weighted by Gasteiger charge is 2.07. The summed E-state index contributed by atoms with van der Waals surface area (Å²) in [6.45, 7) is 2.00. The summed E-state index contributed by atoms with van der Waals surface area (Å²) in [5, 5.41) is 8.03. The molecule has 3 rings (SSSR count). The smallest absolute Gasteiger partial charge is 0.290 e. The molecule has 0 spiro atoms. The van der Waals surface area contributed by atoms with Crippen molar-refractivity contribution in [3.63, 3.8) is 0 Å². The third-order valence-corrected chi connectivity index (χ3v) is 3.43. The fraction of sp³-hybridized carbons (Fsp3) is 0.0833. The minimum atomic E-state index is -0.616. The SMILES string of the molecule is Cc1ccc(Sc2nnc3c(=O)[nH]c(=O)[nH]c3n2)cc1. The molecule has 20 heavy (non-hydrogen) atoms. The quantitative estimate of drug-likeness (QED) is 0.724. The van der Waals surface area contributed by atoms with Gasteiger partial charge in [-0.05, 0) is 30.8 Å². The van der Waals surface area contributed by atoms with Gasteiger partial charge in [0.05, 0.1) is 0 Å². The number of benzene rings is 1. The van der Waals surface area contributed by atoms with E-state index in [1.54, 1.807) is 0 Å². The minimum Gasteiger partial charge on any atom is -0.290 e. The van der Waals surface area contributed by atoms with Crippen molar-refractivity contribution in [2.45, 2.75) is 17.0 Å². The van der Waals surface area contributed by atoms with Gasteiger partial charge in [-0.2, -0.15) is 0 Å². The monoisotopic (exact) mass is 287 g/mol. The van der Waals surface area contributed by atoms with E-state index in [0.717, 1.165) is 10.5 Å². The number of nitrogens with zero attached hydrogens (tertiary/aromatic N) is 3. The predicted octanol–water partition coefficient (Wildman–Crippen LogP) is 0.861. The van der Waals surface area contributed by atoms with Crippen LogP contribution in [0, 0.1) is 6.92 Å². The van der Waals surface area contributed by atoms with Crippen LogP contribution >= 0.6 is 11.8 Å². The number of fused-ring (bicyclic) bond motifs is 1. The van der Waals surface area contributed by atoms with Crippen molar-refractivity contribution >= 4 is 22.9 Å². The zero-order chi connectivity index (χ0) is 14.1. The molecule has 100 valence electrons.